The Kier molecular flexibility index (Phi) is 4.31. The molecule has 0 aromatic rings. The molecule has 3 N–H and O–H groups in total. The van der Waals surface area contributed by atoms with Crippen molar-refractivity contribution >= 4 is 0 Å². The summed E-state index contributed by atoms with van der Waals surface area (Å²) in [6, 6.07) is 0. The highest BCUT2D eigenvalue weighted by Crippen LogP contribution is 2.15. The summed E-state index contributed by atoms with van der Waals surface area (Å²) in [5, 5.41) is 2.22. The molecule has 0 bridgehead atoms. The highest BCUT2D eigenvalue weighted by molar-refractivity contribution is 4.86. The van der Waals surface area contributed by atoms with Gasteiger partial charge in [-0.3, -0.25) is 0 Å². The fraction of sp³-hybridized carbons (Fsp3) is 1.00. The molecule has 1 rings (SSSR count). The van der Waals surface area contributed by atoms with Crippen molar-refractivity contribution in [1.29, 1.82) is 0 Å². The van der Waals surface area contributed by atoms with Crippen LogP contribution in [0, 0.1) is 5.92 Å². The van der Waals surface area contributed by atoms with Crippen molar-refractivity contribution in [2.45, 2.75) is 26.3 Å². The van der Waals surface area contributed by atoms with Gasteiger partial charge in [-0.25, -0.2) is 10.4 Å². The lowest BCUT2D eigenvalue weighted by atomic mass is 9.89. The third-order valence-corrected chi connectivity index (χ3v) is 3.12. The maximum Gasteiger partial charge on any atom is 0.0608 e. The van der Waals surface area contributed by atoms with E-state index in [-0.39, 0.29) is 5.54 Å². The second-order valence-corrected chi connectivity index (χ2v) is 4.49. The summed E-state index contributed by atoms with van der Waals surface area (Å²) in [5.74, 6) is 0.523. The second-order valence-electron chi connectivity index (χ2n) is 4.49. The molecule has 14 heavy (non-hydrogen) atoms. The second kappa shape index (κ2) is 5.07. The van der Waals surface area contributed by atoms with Gasteiger partial charge in [-0.2, -0.15) is 0 Å². The summed E-state index contributed by atoms with van der Waals surface area (Å²) in [4.78, 5) is 0. The predicted octanol–water partition coefficient (Wildman–Crippen LogP) is 0.197. The zero-order chi connectivity index (χ0) is 10.6. The number of rotatable bonds is 4. The molecular formula is C10H23N3O. The summed E-state index contributed by atoms with van der Waals surface area (Å²) in [5.41, 5.74) is 9.31. The summed E-state index contributed by atoms with van der Waals surface area (Å²) < 4.78 is 5.30. The SMILES string of the molecule is CC(C)C(C)(CN)NN1CCOCC1. The van der Waals surface area contributed by atoms with Crippen molar-refractivity contribution in [3.8, 4) is 0 Å². The Morgan fingerprint density at radius 3 is 2.43 bits per heavy atom. The summed E-state index contributed by atoms with van der Waals surface area (Å²) in [6.45, 7) is 10.7. The highest BCUT2D eigenvalue weighted by Gasteiger charge is 2.29. The average molecular weight is 201 g/mol. The first-order valence-corrected chi connectivity index (χ1v) is 5.39. The maximum atomic E-state index is 5.80. The zero-order valence-electron chi connectivity index (χ0n) is 9.55. The number of morpholine rings is 1. The molecule has 1 aliphatic rings. The molecule has 4 nitrogen and oxygen atoms in total. The number of nitrogens with one attached hydrogen (secondary N) is 1. The zero-order valence-corrected chi connectivity index (χ0v) is 9.55. The molecule has 0 aromatic heterocycles. The predicted molar refractivity (Wildman–Crippen MR) is 57.8 cm³/mol. The van der Waals surface area contributed by atoms with Gasteiger partial charge in [0.15, 0.2) is 0 Å². The van der Waals surface area contributed by atoms with Gasteiger partial charge in [0.25, 0.3) is 0 Å². The van der Waals surface area contributed by atoms with Crippen molar-refractivity contribution in [3.63, 3.8) is 0 Å². The number of nitrogens with zero attached hydrogens (tertiary/aromatic N) is 1. The Morgan fingerprint density at radius 1 is 1.43 bits per heavy atom. The Bertz CT molecular complexity index is 169. The number of nitrogens with two attached hydrogens (primary N) is 1. The molecule has 1 atom stereocenters. The number of hydrogen-bond donors (Lipinski definition) is 2. The minimum atomic E-state index is -0.00264. The summed E-state index contributed by atoms with van der Waals surface area (Å²) >= 11 is 0. The van der Waals surface area contributed by atoms with E-state index in [1.165, 1.54) is 0 Å². The van der Waals surface area contributed by atoms with Gasteiger partial charge in [-0.1, -0.05) is 13.8 Å². The van der Waals surface area contributed by atoms with E-state index in [2.05, 4.69) is 31.2 Å². The van der Waals surface area contributed by atoms with E-state index in [0.29, 0.717) is 12.5 Å². The van der Waals surface area contributed by atoms with E-state index in [4.69, 9.17) is 10.5 Å². The Morgan fingerprint density at radius 2 is 2.00 bits per heavy atom. The Hall–Kier alpha value is -0.160. The molecule has 0 saturated carbocycles. The monoisotopic (exact) mass is 201 g/mol. The van der Waals surface area contributed by atoms with E-state index >= 15 is 0 Å². The number of hydrazine groups is 1. The van der Waals surface area contributed by atoms with Crippen molar-refractivity contribution in [3.05, 3.63) is 0 Å². The van der Waals surface area contributed by atoms with Crippen LogP contribution in [0.25, 0.3) is 0 Å². The van der Waals surface area contributed by atoms with Crippen molar-refractivity contribution in [2.75, 3.05) is 32.8 Å². The molecular weight excluding hydrogens is 178 g/mol. The molecule has 0 aromatic carbocycles. The van der Waals surface area contributed by atoms with Crippen LogP contribution in [0.1, 0.15) is 20.8 Å². The van der Waals surface area contributed by atoms with Crippen LogP contribution in [-0.2, 0) is 4.74 Å². The van der Waals surface area contributed by atoms with Gasteiger partial charge >= 0.3 is 0 Å². The highest BCUT2D eigenvalue weighted by atomic mass is 16.5. The molecule has 4 heteroatoms. The first-order valence-electron chi connectivity index (χ1n) is 5.39. The minimum Gasteiger partial charge on any atom is -0.379 e. The maximum absolute atomic E-state index is 5.80. The van der Waals surface area contributed by atoms with Crippen LogP contribution in [0.3, 0.4) is 0 Å². The van der Waals surface area contributed by atoms with Crippen molar-refractivity contribution in [2.24, 2.45) is 11.7 Å². The van der Waals surface area contributed by atoms with Gasteiger partial charge < -0.3 is 10.5 Å². The molecule has 0 spiro atoms. The molecule has 1 heterocycles. The average Bonchev–Trinajstić information content (AvgIpc) is 2.19. The molecule has 0 radical (unpaired) electrons. The van der Waals surface area contributed by atoms with Crippen LogP contribution < -0.4 is 11.2 Å². The Labute approximate surface area is 86.8 Å². The van der Waals surface area contributed by atoms with Gasteiger partial charge in [-0.15, -0.1) is 0 Å². The smallest absolute Gasteiger partial charge is 0.0608 e. The fourth-order valence-electron chi connectivity index (χ4n) is 1.45. The molecule has 0 amide bonds. The quantitative estimate of drug-likeness (QED) is 0.682. The first-order chi connectivity index (χ1) is 6.58. The topological polar surface area (TPSA) is 50.5 Å². The van der Waals surface area contributed by atoms with Crippen LogP contribution in [0.2, 0.25) is 0 Å². The van der Waals surface area contributed by atoms with E-state index in [1.54, 1.807) is 0 Å². The standard InChI is InChI=1S/C10H23N3O/c1-9(2)10(3,8-11)12-13-4-6-14-7-5-13/h9,12H,4-8,11H2,1-3H3. The molecule has 84 valence electrons. The summed E-state index contributed by atoms with van der Waals surface area (Å²) in [7, 11) is 0. The van der Waals surface area contributed by atoms with Crippen LogP contribution in [-0.4, -0.2) is 43.4 Å². The minimum absolute atomic E-state index is 0.00264. The van der Waals surface area contributed by atoms with Gasteiger partial charge in [0.1, 0.15) is 0 Å². The molecule has 1 aliphatic heterocycles. The molecule has 1 fully saturated rings. The lowest BCUT2D eigenvalue weighted by Crippen LogP contribution is -2.61. The number of ether oxygens (including phenoxy) is 1. The van der Waals surface area contributed by atoms with Crippen LogP contribution in [0.4, 0.5) is 0 Å². The third kappa shape index (κ3) is 2.92. The van der Waals surface area contributed by atoms with Crippen LogP contribution >= 0.6 is 0 Å². The van der Waals surface area contributed by atoms with E-state index in [0.717, 1.165) is 26.3 Å². The van der Waals surface area contributed by atoms with Crippen LogP contribution in [0.15, 0.2) is 0 Å². The summed E-state index contributed by atoms with van der Waals surface area (Å²) in [6.07, 6.45) is 0. The Balaban J connectivity index is 2.46. The van der Waals surface area contributed by atoms with Gasteiger partial charge in [0.2, 0.25) is 0 Å². The van der Waals surface area contributed by atoms with E-state index in [9.17, 15) is 0 Å². The lowest BCUT2D eigenvalue weighted by Gasteiger charge is -2.40. The van der Waals surface area contributed by atoms with E-state index < -0.39 is 0 Å². The lowest BCUT2D eigenvalue weighted by molar-refractivity contribution is -0.0166. The van der Waals surface area contributed by atoms with Crippen LogP contribution in [0.5, 0.6) is 0 Å². The van der Waals surface area contributed by atoms with E-state index in [1.807, 2.05) is 0 Å². The van der Waals surface area contributed by atoms with Gasteiger partial charge in [0.05, 0.1) is 13.2 Å². The van der Waals surface area contributed by atoms with Crippen molar-refractivity contribution < 1.29 is 4.74 Å². The molecule has 1 saturated heterocycles. The van der Waals surface area contributed by atoms with Gasteiger partial charge in [0, 0.05) is 25.2 Å². The first kappa shape index (κ1) is 11.9. The normalized spacial score (nSPS) is 23.8. The molecule has 0 aliphatic carbocycles. The fourth-order valence-corrected chi connectivity index (χ4v) is 1.45. The van der Waals surface area contributed by atoms with Gasteiger partial charge in [-0.05, 0) is 12.8 Å². The molecule has 1 unspecified atom stereocenters. The largest absolute Gasteiger partial charge is 0.379 e. The number of hydrogen-bond acceptors (Lipinski definition) is 4. The third-order valence-electron chi connectivity index (χ3n) is 3.12. The van der Waals surface area contributed by atoms with Crippen molar-refractivity contribution in [1.82, 2.24) is 10.4 Å².